The normalized spacial score (nSPS) is 44.3. The molecule has 0 radical (unpaired) electrons. The van der Waals surface area contributed by atoms with Gasteiger partial charge in [0.25, 0.3) is 0 Å². The van der Waals surface area contributed by atoms with Gasteiger partial charge >= 0.3 is 5.97 Å². The SMILES string of the molecule is CC1C(C(=O)O)CC(Cl)C2C1C(C)(C)CCS2(=O)=O. The van der Waals surface area contributed by atoms with Gasteiger partial charge in [-0.15, -0.1) is 11.6 Å². The van der Waals surface area contributed by atoms with Crippen LogP contribution in [0.5, 0.6) is 0 Å². The summed E-state index contributed by atoms with van der Waals surface area (Å²) >= 11 is 6.26. The minimum absolute atomic E-state index is 0.162. The Morgan fingerprint density at radius 2 is 1.95 bits per heavy atom. The monoisotopic (exact) mass is 308 g/mol. The summed E-state index contributed by atoms with van der Waals surface area (Å²) in [6, 6.07) is 0. The van der Waals surface area contributed by atoms with E-state index in [1.807, 2.05) is 20.8 Å². The molecule has 110 valence electrons. The number of aliphatic carboxylic acids is 1. The lowest BCUT2D eigenvalue weighted by Gasteiger charge is -2.52. The Labute approximate surface area is 119 Å². The molecule has 1 aliphatic heterocycles. The number of hydrogen-bond donors (Lipinski definition) is 1. The Hall–Kier alpha value is -0.290. The Bertz CT molecular complexity index is 485. The third-order valence-electron chi connectivity index (χ3n) is 5.06. The molecule has 0 aromatic rings. The molecule has 6 heteroatoms. The molecule has 1 saturated carbocycles. The highest BCUT2D eigenvalue weighted by molar-refractivity contribution is 7.92. The number of carboxylic acids is 1. The van der Waals surface area contributed by atoms with Crippen LogP contribution in [-0.4, -0.2) is 35.9 Å². The van der Waals surface area contributed by atoms with Crippen LogP contribution < -0.4 is 0 Å². The molecule has 2 fully saturated rings. The minimum atomic E-state index is -3.21. The number of hydrogen-bond acceptors (Lipinski definition) is 3. The largest absolute Gasteiger partial charge is 0.481 e. The van der Waals surface area contributed by atoms with E-state index >= 15 is 0 Å². The highest BCUT2D eigenvalue weighted by Crippen LogP contribution is 2.53. The molecule has 0 amide bonds. The molecule has 0 bridgehead atoms. The maximum atomic E-state index is 12.3. The van der Waals surface area contributed by atoms with Crippen LogP contribution >= 0.6 is 11.6 Å². The van der Waals surface area contributed by atoms with Crippen molar-refractivity contribution in [1.29, 1.82) is 0 Å². The van der Waals surface area contributed by atoms with Gasteiger partial charge in [-0.3, -0.25) is 4.79 Å². The number of fused-ring (bicyclic) bond motifs is 1. The first-order valence-corrected chi connectivity index (χ1v) is 8.81. The Morgan fingerprint density at radius 3 is 2.47 bits per heavy atom. The first-order chi connectivity index (χ1) is 8.58. The van der Waals surface area contributed by atoms with Crippen LogP contribution in [0.1, 0.15) is 33.6 Å². The second kappa shape index (κ2) is 4.62. The molecule has 0 aromatic heterocycles. The first-order valence-electron chi connectivity index (χ1n) is 6.66. The van der Waals surface area contributed by atoms with Gasteiger partial charge in [0, 0.05) is 0 Å². The molecule has 1 heterocycles. The van der Waals surface area contributed by atoms with E-state index in [2.05, 4.69) is 0 Å². The van der Waals surface area contributed by atoms with Crippen molar-refractivity contribution in [2.75, 3.05) is 5.75 Å². The van der Waals surface area contributed by atoms with Crippen molar-refractivity contribution >= 4 is 27.4 Å². The van der Waals surface area contributed by atoms with Gasteiger partial charge in [-0.05, 0) is 30.1 Å². The highest BCUT2D eigenvalue weighted by atomic mass is 35.5. The fraction of sp³-hybridized carbons (Fsp3) is 0.923. The van der Waals surface area contributed by atoms with Gasteiger partial charge in [0.05, 0.1) is 22.3 Å². The van der Waals surface area contributed by atoms with Crippen molar-refractivity contribution < 1.29 is 18.3 Å². The second-order valence-corrected chi connectivity index (χ2v) is 9.49. The molecule has 19 heavy (non-hydrogen) atoms. The number of carboxylic acid groups (broad SMARTS) is 1. The van der Waals surface area contributed by atoms with Crippen molar-refractivity contribution in [3.8, 4) is 0 Å². The summed E-state index contributed by atoms with van der Waals surface area (Å²) < 4.78 is 24.6. The van der Waals surface area contributed by atoms with E-state index in [0.717, 1.165) is 0 Å². The molecular weight excluding hydrogens is 288 g/mol. The molecule has 0 spiro atoms. The molecule has 1 saturated heterocycles. The lowest BCUT2D eigenvalue weighted by molar-refractivity contribution is -0.146. The van der Waals surface area contributed by atoms with E-state index in [0.29, 0.717) is 6.42 Å². The zero-order chi connectivity index (χ0) is 14.6. The average Bonchev–Trinajstić information content (AvgIpc) is 2.26. The molecule has 2 rings (SSSR count). The minimum Gasteiger partial charge on any atom is -0.481 e. The summed E-state index contributed by atoms with van der Waals surface area (Å²) in [4.78, 5) is 11.3. The number of carbonyl (C=O) groups is 1. The molecule has 5 atom stereocenters. The van der Waals surface area contributed by atoms with E-state index in [1.54, 1.807) is 0 Å². The molecule has 0 aromatic carbocycles. The zero-order valence-electron chi connectivity index (χ0n) is 11.5. The maximum Gasteiger partial charge on any atom is 0.306 e. The lowest BCUT2D eigenvalue weighted by Crippen LogP contribution is -2.58. The van der Waals surface area contributed by atoms with Gasteiger partial charge in [0.2, 0.25) is 0 Å². The third kappa shape index (κ3) is 2.40. The Kier molecular flexibility index (Phi) is 3.67. The lowest BCUT2D eigenvalue weighted by atomic mass is 9.61. The average molecular weight is 309 g/mol. The predicted molar refractivity (Wildman–Crippen MR) is 74.0 cm³/mol. The molecular formula is C13H21ClO4S. The quantitative estimate of drug-likeness (QED) is 0.754. The van der Waals surface area contributed by atoms with Crippen LogP contribution in [0.4, 0.5) is 0 Å². The summed E-state index contributed by atoms with van der Waals surface area (Å²) in [5.41, 5.74) is -0.184. The fourth-order valence-corrected chi connectivity index (χ4v) is 7.53. The van der Waals surface area contributed by atoms with Crippen LogP contribution in [0.3, 0.4) is 0 Å². The Morgan fingerprint density at radius 1 is 1.37 bits per heavy atom. The molecule has 2 aliphatic rings. The van der Waals surface area contributed by atoms with Crippen molar-refractivity contribution in [1.82, 2.24) is 0 Å². The summed E-state index contributed by atoms with van der Waals surface area (Å²) in [5.74, 6) is -1.59. The van der Waals surface area contributed by atoms with Crippen LogP contribution in [0.2, 0.25) is 0 Å². The van der Waals surface area contributed by atoms with Gasteiger partial charge in [-0.2, -0.15) is 0 Å². The van der Waals surface area contributed by atoms with Gasteiger partial charge in [0.15, 0.2) is 9.84 Å². The van der Waals surface area contributed by atoms with Gasteiger partial charge in [-0.1, -0.05) is 20.8 Å². The first kappa shape index (κ1) is 15.1. The fourth-order valence-electron chi connectivity index (χ4n) is 4.00. The van der Waals surface area contributed by atoms with Crippen molar-refractivity contribution in [3.63, 3.8) is 0 Å². The molecule has 1 N–H and O–H groups in total. The standard InChI is InChI=1S/C13H21ClO4S/c1-7-8(12(15)16)6-9(14)11-10(7)13(2,3)4-5-19(11,17)18/h7-11H,4-6H2,1-3H3,(H,15,16). The second-order valence-electron chi connectivity index (χ2n) is 6.65. The van der Waals surface area contributed by atoms with Crippen molar-refractivity contribution in [3.05, 3.63) is 0 Å². The van der Waals surface area contributed by atoms with E-state index in [-0.39, 0.29) is 29.4 Å². The van der Waals surface area contributed by atoms with Crippen molar-refractivity contribution in [2.45, 2.75) is 44.2 Å². The number of sulfone groups is 1. The smallest absolute Gasteiger partial charge is 0.306 e. The van der Waals surface area contributed by atoms with Crippen LogP contribution in [-0.2, 0) is 14.6 Å². The predicted octanol–water partition coefficient (Wildman–Crippen LogP) is 2.16. The topological polar surface area (TPSA) is 71.4 Å². The van der Waals surface area contributed by atoms with E-state index in [1.165, 1.54) is 0 Å². The van der Waals surface area contributed by atoms with Crippen LogP contribution in [0.25, 0.3) is 0 Å². The van der Waals surface area contributed by atoms with Gasteiger partial charge in [-0.25, -0.2) is 8.42 Å². The number of halogens is 1. The Balaban J connectivity index is 2.47. The summed E-state index contributed by atoms with van der Waals surface area (Å²) in [6.45, 7) is 5.93. The maximum absolute atomic E-state index is 12.3. The molecule has 1 aliphatic carbocycles. The van der Waals surface area contributed by atoms with Crippen LogP contribution in [0.15, 0.2) is 0 Å². The van der Waals surface area contributed by atoms with E-state index in [9.17, 15) is 18.3 Å². The highest BCUT2D eigenvalue weighted by Gasteiger charge is 2.57. The number of alkyl halides is 1. The van der Waals surface area contributed by atoms with Crippen LogP contribution in [0, 0.1) is 23.2 Å². The third-order valence-corrected chi connectivity index (χ3v) is 7.88. The van der Waals surface area contributed by atoms with Gasteiger partial charge < -0.3 is 5.11 Å². The summed E-state index contributed by atoms with van der Waals surface area (Å²) in [6.07, 6.45) is 0.825. The molecule has 5 unspecified atom stereocenters. The van der Waals surface area contributed by atoms with Gasteiger partial charge in [0.1, 0.15) is 0 Å². The number of rotatable bonds is 1. The van der Waals surface area contributed by atoms with E-state index in [4.69, 9.17) is 11.6 Å². The zero-order valence-corrected chi connectivity index (χ0v) is 13.0. The van der Waals surface area contributed by atoms with Crippen molar-refractivity contribution in [2.24, 2.45) is 23.2 Å². The summed E-state index contributed by atoms with van der Waals surface area (Å²) in [7, 11) is -3.21. The summed E-state index contributed by atoms with van der Waals surface area (Å²) in [5, 5.41) is 8.12. The molecule has 4 nitrogen and oxygen atoms in total. The van der Waals surface area contributed by atoms with E-state index < -0.39 is 32.4 Å².